The van der Waals surface area contributed by atoms with Crippen molar-refractivity contribution in [2.75, 3.05) is 13.1 Å². The number of hydrogen-bond acceptors (Lipinski definition) is 4. The molecule has 102 valence electrons. The van der Waals surface area contributed by atoms with Gasteiger partial charge in [0, 0.05) is 6.54 Å². The molecule has 0 aromatic carbocycles. The van der Waals surface area contributed by atoms with E-state index in [9.17, 15) is 14.4 Å². The van der Waals surface area contributed by atoms with Crippen LogP contribution < -0.4 is 10.6 Å². The van der Waals surface area contributed by atoms with Crippen molar-refractivity contribution in [3.63, 3.8) is 0 Å². The van der Waals surface area contributed by atoms with Gasteiger partial charge in [-0.3, -0.25) is 4.79 Å². The van der Waals surface area contributed by atoms with Gasteiger partial charge in [-0.05, 0) is 19.8 Å². The molecule has 1 atom stereocenters. The van der Waals surface area contributed by atoms with Gasteiger partial charge < -0.3 is 15.7 Å². The van der Waals surface area contributed by atoms with Crippen molar-refractivity contribution in [3.8, 4) is 0 Å². The van der Waals surface area contributed by atoms with E-state index in [-0.39, 0.29) is 0 Å². The normalized spacial score (nSPS) is 11.2. The number of aliphatic imine (C=N–C) groups is 1. The summed E-state index contributed by atoms with van der Waals surface area (Å²) in [6.45, 7) is 2.39. The molecule has 0 heterocycles. The van der Waals surface area contributed by atoms with Crippen LogP contribution in [-0.4, -0.2) is 42.3 Å². The molecule has 0 aliphatic heterocycles. The van der Waals surface area contributed by atoms with Crippen LogP contribution in [0.3, 0.4) is 0 Å². The Labute approximate surface area is 106 Å². The van der Waals surface area contributed by atoms with E-state index in [1.165, 1.54) is 13.0 Å². The topological polar surface area (TPSA) is 108 Å². The number of urea groups is 1. The summed E-state index contributed by atoms with van der Waals surface area (Å²) in [6.07, 6.45) is 4.96. The molecule has 7 nitrogen and oxygen atoms in total. The lowest BCUT2D eigenvalue weighted by molar-refractivity contribution is -0.138. The Morgan fingerprint density at radius 3 is 2.56 bits per heavy atom. The number of unbranched alkanes of at least 4 members (excludes halogenated alkanes) is 3. The summed E-state index contributed by atoms with van der Waals surface area (Å²) in [4.78, 5) is 34.8. The average molecular weight is 257 g/mol. The van der Waals surface area contributed by atoms with Gasteiger partial charge in [0.25, 0.3) is 0 Å². The highest BCUT2D eigenvalue weighted by molar-refractivity contribution is 5.82. The van der Waals surface area contributed by atoms with Crippen molar-refractivity contribution in [3.05, 3.63) is 0 Å². The summed E-state index contributed by atoms with van der Waals surface area (Å²) in [7, 11) is 0. The quantitative estimate of drug-likeness (QED) is 0.320. The van der Waals surface area contributed by atoms with Gasteiger partial charge in [-0.15, -0.1) is 0 Å². The third kappa shape index (κ3) is 9.35. The Bertz CT molecular complexity index is 313. The van der Waals surface area contributed by atoms with Crippen LogP contribution in [0, 0.1) is 0 Å². The van der Waals surface area contributed by atoms with Crippen molar-refractivity contribution in [1.29, 1.82) is 0 Å². The van der Waals surface area contributed by atoms with E-state index >= 15 is 0 Å². The molecule has 7 heteroatoms. The maximum Gasteiger partial charge on any atom is 0.325 e. The van der Waals surface area contributed by atoms with Crippen molar-refractivity contribution in [1.82, 2.24) is 10.6 Å². The number of carboxylic acids is 1. The molecule has 0 rings (SSSR count). The second kappa shape index (κ2) is 10.3. The Balaban J connectivity index is 3.40. The molecule has 0 bridgehead atoms. The predicted octanol–water partition coefficient (Wildman–Crippen LogP) is 0.655. The minimum absolute atomic E-state index is 0.476. The molecule has 0 unspecified atom stereocenters. The standard InChI is InChI=1S/C11H19N3O4/c1-9(10(16)17)14-11(18)13-7-5-3-2-4-6-12-8-15/h9H,2-7H2,1H3,(H,16,17)(H2,13,14,18)/t9-/m0/s1. The minimum Gasteiger partial charge on any atom is -0.480 e. The lowest BCUT2D eigenvalue weighted by Gasteiger charge is -2.10. The number of carbonyl (C=O) groups excluding carboxylic acids is 2. The second-order valence-corrected chi connectivity index (χ2v) is 3.85. The molecule has 0 aliphatic carbocycles. The first kappa shape index (κ1) is 16.1. The van der Waals surface area contributed by atoms with Gasteiger partial charge in [0.1, 0.15) is 6.04 Å². The number of aliphatic carboxylic acids is 1. The zero-order valence-electron chi connectivity index (χ0n) is 10.4. The van der Waals surface area contributed by atoms with E-state index in [2.05, 4.69) is 15.6 Å². The Hall–Kier alpha value is -1.88. The second-order valence-electron chi connectivity index (χ2n) is 3.85. The third-order valence-electron chi connectivity index (χ3n) is 2.26. The Morgan fingerprint density at radius 1 is 1.28 bits per heavy atom. The zero-order chi connectivity index (χ0) is 13.8. The number of rotatable bonds is 9. The van der Waals surface area contributed by atoms with E-state index in [0.717, 1.165) is 25.7 Å². The van der Waals surface area contributed by atoms with Crippen molar-refractivity contribution < 1.29 is 19.5 Å². The molecule has 0 aliphatic rings. The summed E-state index contributed by atoms with van der Waals surface area (Å²) in [5.74, 6) is -1.07. The third-order valence-corrected chi connectivity index (χ3v) is 2.26. The average Bonchev–Trinajstić information content (AvgIpc) is 2.32. The molecule has 0 aromatic rings. The molecule has 0 saturated heterocycles. The number of hydrogen-bond donors (Lipinski definition) is 3. The van der Waals surface area contributed by atoms with E-state index in [1.54, 1.807) is 0 Å². The van der Waals surface area contributed by atoms with Crippen LogP contribution in [0.2, 0.25) is 0 Å². The highest BCUT2D eigenvalue weighted by Crippen LogP contribution is 1.98. The van der Waals surface area contributed by atoms with Gasteiger partial charge in [-0.25, -0.2) is 14.6 Å². The van der Waals surface area contributed by atoms with Crippen LogP contribution in [0.1, 0.15) is 32.6 Å². The number of carboxylic acid groups (broad SMARTS) is 1. The monoisotopic (exact) mass is 257 g/mol. The lowest BCUT2D eigenvalue weighted by Crippen LogP contribution is -2.44. The molecule has 0 fully saturated rings. The van der Waals surface area contributed by atoms with Crippen molar-refractivity contribution in [2.45, 2.75) is 38.6 Å². The van der Waals surface area contributed by atoms with Crippen molar-refractivity contribution >= 4 is 18.1 Å². The fourth-order valence-electron chi connectivity index (χ4n) is 1.23. The lowest BCUT2D eigenvalue weighted by atomic mass is 10.2. The largest absolute Gasteiger partial charge is 0.480 e. The van der Waals surface area contributed by atoms with Crippen LogP contribution in [0.4, 0.5) is 4.79 Å². The molecule has 0 saturated carbocycles. The van der Waals surface area contributed by atoms with Crippen LogP contribution in [-0.2, 0) is 9.59 Å². The molecule has 18 heavy (non-hydrogen) atoms. The molecular formula is C11H19N3O4. The summed E-state index contributed by atoms with van der Waals surface area (Å²) in [5.41, 5.74) is 0. The summed E-state index contributed by atoms with van der Waals surface area (Å²) in [6, 6.07) is -1.37. The van der Waals surface area contributed by atoms with E-state index < -0.39 is 18.0 Å². The number of nitrogens with one attached hydrogen (secondary N) is 2. The Kier molecular flexibility index (Phi) is 9.21. The molecule has 0 spiro atoms. The fourth-order valence-corrected chi connectivity index (χ4v) is 1.23. The highest BCUT2D eigenvalue weighted by Gasteiger charge is 2.12. The first-order chi connectivity index (χ1) is 8.57. The smallest absolute Gasteiger partial charge is 0.325 e. The van der Waals surface area contributed by atoms with Gasteiger partial charge in [-0.2, -0.15) is 0 Å². The molecule has 0 aromatic heterocycles. The van der Waals surface area contributed by atoms with E-state index in [0.29, 0.717) is 13.1 Å². The molecular weight excluding hydrogens is 238 g/mol. The first-order valence-electron chi connectivity index (χ1n) is 5.88. The van der Waals surface area contributed by atoms with Crippen LogP contribution in [0.25, 0.3) is 0 Å². The zero-order valence-corrected chi connectivity index (χ0v) is 10.4. The summed E-state index contributed by atoms with van der Waals surface area (Å²) < 4.78 is 0. The van der Waals surface area contributed by atoms with Gasteiger partial charge in [0.2, 0.25) is 6.08 Å². The minimum atomic E-state index is -1.07. The summed E-state index contributed by atoms with van der Waals surface area (Å²) in [5, 5.41) is 13.4. The van der Waals surface area contributed by atoms with Gasteiger partial charge in [0.15, 0.2) is 0 Å². The fraction of sp³-hybridized carbons (Fsp3) is 0.727. The van der Waals surface area contributed by atoms with Gasteiger partial charge in [0.05, 0.1) is 6.54 Å². The number of amides is 2. The predicted molar refractivity (Wildman–Crippen MR) is 65.1 cm³/mol. The number of nitrogens with zero attached hydrogens (tertiary/aromatic N) is 1. The van der Waals surface area contributed by atoms with Gasteiger partial charge in [-0.1, -0.05) is 12.8 Å². The SMILES string of the molecule is C[C@H](NC(=O)NCCCCCCN=C=O)C(=O)O. The molecule has 2 amide bonds. The van der Waals surface area contributed by atoms with Crippen LogP contribution >= 0.6 is 0 Å². The Morgan fingerprint density at radius 2 is 1.94 bits per heavy atom. The number of carbonyl (C=O) groups is 2. The number of isocyanates is 1. The maximum atomic E-state index is 11.2. The van der Waals surface area contributed by atoms with Crippen LogP contribution in [0.15, 0.2) is 4.99 Å². The summed E-state index contributed by atoms with van der Waals surface area (Å²) >= 11 is 0. The van der Waals surface area contributed by atoms with E-state index in [1.807, 2.05) is 0 Å². The first-order valence-corrected chi connectivity index (χ1v) is 5.88. The van der Waals surface area contributed by atoms with Crippen molar-refractivity contribution in [2.24, 2.45) is 4.99 Å². The van der Waals surface area contributed by atoms with E-state index in [4.69, 9.17) is 5.11 Å². The maximum absolute atomic E-state index is 11.2. The van der Waals surface area contributed by atoms with Crippen LogP contribution in [0.5, 0.6) is 0 Å². The van der Waals surface area contributed by atoms with Gasteiger partial charge >= 0.3 is 12.0 Å². The molecule has 0 radical (unpaired) electrons. The molecule has 3 N–H and O–H groups in total. The highest BCUT2D eigenvalue weighted by atomic mass is 16.4.